The molecule has 0 aliphatic heterocycles. The molecule has 0 saturated heterocycles. The van der Waals surface area contributed by atoms with Crippen LogP contribution in [0, 0.1) is 0 Å². The summed E-state index contributed by atoms with van der Waals surface area (Å²) in [4.78, 5) is 4.35. The molecule has 1 aliphatic rings. The van der Waals surface area contributed by atoms with Crippen LogP contribution in [0.4, 0.5) is 5.82 Å². The van der Waals surface area contributed by atoms with E-state index in [1.165, 1.54) is 25.7 Å². The first kappa shape index (κ1) is 12.4. The lowest BCUT2D eigenvalue weighted by Crippen LogP contribution is -2.02. The Labute approximate surface area is 123 Å². The average molecular weight is 278 g/mol. The quantitative estimate of drug-likeness (QED) is 0.778. The second-order valence-corrected chi connectivity index (χ2v) is 5.77. The Morgan fingerprint density at radius 2 is 1.95 bits per heavy atom. The summed E-state index contributed by atoms with van der Waals surface area (Å²) in [7, 11) is 0. The van der Waals surface area contributed by atoms with Crippen LogP contribution in [0.25, 0.3) is 16.6 Å². The standard InChI is InChI=1S/C17H18N4/c18-17-11-16(12-4-1-2-5-12)20-21(17)14-7-8-15-13(10-14)6-3-9-19-15/h3,6-12H,1-2,4-5,18H2. The lowest BCUT2D eigenvalue weighted by atomic mass is 10.1. The molecule has 0 bridgehead atoms. The van der Waals surface area contributed by atoms with Gasteiger partial charge >= 0.3 is 0 Å². The van der Waals surface area contributed by atoms with Crippen molar-refractivity contribution in [1.82, 2.24) is 14.8 Å². The van der Waals surface area contributed by atoms with Crippen molar-refractivity contribution in [3.8, 4) is 5.69 Å². The Bertz CT molecular complexity index is 784. The van der Waals surface area contributed by atoms with Gasteiger partial charge in [0.1, 0.15) is 5.82 Å². The van der Waals surface area contributed by atoms with Crippen LogP contribution in [0.2, 0.25) is 0 Å². The van der Waals surface area contributed by atoms with Crippen LogP contribution in [0.1, 0.15) is 37.3 Å². The summed E-state index contributed by atoms with van der Waals surface area (Å²) in [5, 5.41) is 5.84. The zero-order valence-corrected chi connectivity index (χ0v) is 11.9. The van der Waals surface area contributed by atoms with E-state index < -0.39 is 0 Å². The van der Waals surface area contributed by atoms with Crippen LogP contribution in [0.3, 0.4) is 0 Å². The molecule has 4 nitrogen and oxygen atoms in total. The van der Waals surface area contributed by atoms with Crippen LogP contribution in [0.5, 0.6) is 0 Å². The smallest absolute Gasteiger partial charge is 0.127 e. The zero-order chi connectivity index (χ0) is 14.2. The summed E-state index contributed by atoms with van der Waals surface area (Å²) in [5.41, 5.74) is 9.29. The normalized spacial score (nSPS) is 15.8. The fourth-order valence-corrected chi connectivity index (χ4v) is 3.24. The Kier molecular flexibility index (Phi) is 2.88. The van der Waals surface area contributed by atoms with Gasteiger partial charge in [0.2, 0.25) is 0 Å². The minimum absolute atomic E-state index is 0.579. The molecule has 2 aromatic heterocycles. The number of nitrogen functional groups attached to an aromatic ring is 1. The van der Waals surface area contributed by atoms with Crippen molar-refractivity contribution >= 4 is 16.7 Å². The molecule has 0 unspecified atom stereocenters. The molecule has 1 aliphatic carbocycles. The number of aromatic nitrogens is 3. The van der Waals surface area contributed by atoms with E-state index >= 15 is 0 Å². The number of anilines is 1. The third-order valence-electron chi connectivity index (χ3n) is 4.36. The molecule has 0 radical (unpaired) electrons. The van der Waals surface area contributed by atoms with Gasteiger partial charge in [0.05, 0.1) is 16.9 Å². The summed E-state index contributed by atoms with van der Waals surface area (Å²) in [6.07, 6.45) is 6.89. The Balaban J connectivity index is 1.77. The molecule has 106 valence electrons. The molecule has 0 amide bonds. The van der Waals surface area contributed by atoms with Gasteiger partial charge in [-0.15, -0.1) is 0 Å². The highest BCUT2D eigenvalue weighted by atomic mass is 15.3. The van der Waals surface area contributed by atoms with Crippen molar-refractivity contribution < 1.29 is 0 Å². The molecule has 4 heteroatoms. The summed E-state index contributed by atoms with van der Waals surface area (Å²) < 4.78 is 1.85. The number of hydrogen-bond acceptors (Lipinski definition) is 3. The van der Waals surface area contributed by atoms with E-state index in [9.17, 15) is 0 Å². The van der Waals surface area contributed by atoms with E-state index in [2.05, 4.69) is 17.1 Å². The maximum absolute atomic E-state index is 6.17. The van der Waals surface area contributed by atoms with E-state index in [0.717, 1.165) is 22.3 Å². The predicted molar refractivity (Wildman–Crippen MR) is 84.5 cm³/mol. The number of fused-ring (bicyclic) bond motifs is 1. The van der Waals surface area contributed by atoms with Gasteiger partial charge in [-0.1, -0.05) is 18.9 Å². The number of rotatable bonds is 2. The lowest BCUT2D eigenvalue weighted by Gasteiger charge is -2.06. The van der Waals surface area contributed by atoms with Gasteiger partial charge in [-0.2, -0.15) is 5.10 Å². The number of nitrogens with zero attached hydrogens (tertiary/aromatic N) is 3. The van der Waals surface area contributed by atoms with Crippen LogP contribution in [0.15, 0.2) is 42.6 Å². The van der Waals surface area contributed by atoms with E-state index in [1.54, 1.807) is 0 Å². The van der Waals surface area contributed by atoms with Crippen LogP contribution < -0.4 is 5.73 Å². The third kappa shape index (κ3) is 2.17. The molecule has 1 saturated carbocycles. The molecule has 1 fully saturated rings. The molecule has 2 heterocycles. The number of nitrogens with two attached hydrogens (primary N) is 1. The molecular weight excluding hydrogens is 260 g/mol. The predicted octanol–water partition coefficient (Wildman–Crippen LogP) is 3.66. The highest BCUT2D eigenvalue weighted by Crippen LogP contribution is 2.34. The summed E-state index contributed by atoms with van der Waals surface area (Å²) in [6, 6.07) is 12.2. The number of pyridine rings is 1. The van der Waals surface area contributed by atoms with Crippen molar-refractivity contribution in [2.45, 2.75) is 31.6 Å². The van der Waals surface area contributed by atoms with Gasteiger partial charge in [0.25, 0.3) is 0 Å². The van der Waals surface area contributed by atoms with Gasteiger partial charge in [0, 0.05) is 23.6 Å². The fraction of sp³-hybridized carbons (Fsp3) is 0.294. The molecule has 4 rings (SSSR count). The van der Waals surface area contributed by atoms with E-state index in [-0.39, 0.29) is 0 Å². The van der Waals surface area contributed by atoms with Crippen molar-refractivity contribution in [2.75, 3.05) is 5.73 Å². The molecule has 0 atom stereocenters. The monoisotopic (exact) mass is 278 g/mol. The van der Waals surface area contributed by atoms with E-state index in [0.29, 0.717) is 11.7 Å². The van der Waals surface area contributed by atoms with Gasteiger partial charge in [-0.05, 0) is 37.1 Å². The van der Waals surface area contributed by atoms with Crippen molar-refractivity contribution in [1.29, 1.82) is 0 Å². The van der Waals surface area contributed by atoms with Crippen molar-refractivity contribution in [2.24, 2.45) is 0 Å². The summed E-state index contributed by atoms with van der Waals surface area (Å²) in [6.45, 7) is 0. The largest absolute Gasteiger partial charge is 0.384 e. The molecule has 21 heavy (non-hydrogen) atoms. The van der Waals surface area contributed by atoms with E-state index in [4.69, 9.17) is 10.8 Å². The van der Waals surface area contributed by atoms with Gasteiger partial charge < -0.3 is 5.73 Å². The lowest BCUT2D eigenvalue weighted by molar-refractivity contribution is 0.679. The molecule has 1 aromatic carbocycles. The average Bonchev–Trinajstić information content (AvgIpc) is 3.16. The molecule has 3 aromatic rings. The fourth-order valence-electron chi connectivity index (χ4n) is 3.24. The first-order valence-electron chi connectivity index (χ1n) is 7.52. The van der Waals surface area contributed by atoms with Crippen LogP contribution in [-0.4, -0.2) is 14.8 Å². The second kappa shape index (κ2) is 4.88. The minimum atomic E-state index is 0.579. The Hall–Kier alpha value is -2.36. The van der Waals surface area contributed by atoms with Gasteiger partial charge in [-0.3, -0.25) is 4.98 Å². The third-order valence-corrected chi connectivity index (χ3v) is 4.36. The van der Waals surface area contributed by atoms with Crippen molar-refractivity contribution in [3.05, 3.63) is 48.3 Å². The van der Waals surface area contributed by atoms with Crippen LogP contribution in [-0.2, 0) is 0 Å². The summed E-state index contributed by atoms with van der Waals surface area (Å²) >= 11 is 0. The first-order chi connectivity index (χ1) is 10.3. The van der Waals surface area contributed by atoms with Gasteiger partial charge in [-0.25, -0.2) is 4.68 Å². The van der Waals surface area contributed by atoms with Crippen LogP contribution >= 0.6 is 0 Å². The maximum Gasteiger partial charge on any atom is 0.127 e. The number of hydrogen-bond donors (Lipinski definition) is 1. The van der Waals surface area contributed by atoms with Gasteiger partial charge in [0.15, 0.2) is 0 Å². The minimum Gasteiger partial charge on any atom is -0.384 e. The first-order valence-corrected chi connectivity index (χ1v) is 7.52. The molecule has 2 N–H and O–H groups in total. The topological polar surface area (TPSA) is 56.7 Å². The molecule has 0 spiro atoms. The number of benzene rings is 1. The summed E-state index contributed by atoms with van der Waals surface area (Å²) in [5.74, 6) is 1.29. The SMILES string of the molecule is Nc1cc(C2CCCC2)nn1-c1ccc2ncccc2c1. The maximum atomic E-state index is 6.17. The Morgan fingerprint density at radius 1 is 1.10 bits per heavy atom. The zero-order valence-electron chi connectivity index (χ0n) is 11.9. The highest BCUT2D eigenvalue weighted by molar-refractivity contribution is 5.80. The van der Waals surface area contributed by atoms with Crippen molar-refractivity contribution in [3.63, 3.8) is 0 Å². The highest BCUT2D eigenvalue weighted by Gasteiger charge is 2.21. The Morgan fingerprint density at radius 3 is 2.81 bits per heavy atom. The molecular formula is C17H18N4. The second-order valence-electron chi connectivity index (χ2n) is 5.77. The van der Waals surface area contributed by atoms with E-state index in [1.807, 2.05) is 35.1 Å².